The highest BCUT2D eigenvalue weighted by Gasteiger charge is 2.35. The zero-order valence-electron chi connectivity index (χ0n) is 32.9. The lowest BCUT2D eigenvalue weighted by Gasteiger charge is -2.39. The van der Waals surface area contributed by atoms with Gasteiger partial charge in [-0.15, -0.1) is 0 Å². The standard InChI is InChI=1S/C46H66N3P/c1-31(2)40-22-16-23-41(32(3)4)44(40)30-35(9)47-36-26-28-37(29-27-36)48-46(49-45-42(33(5)6)24-17-25-43(45)34(7)8)50(38-18-12-10-13-19-38)39-20-14-11-15-21-39/h16-17,22-29,31-34,38-39H,10-15,18-21,30H2,1-9H3,(H,48,49). The van der Waals surface area contributed by atoms with Gasteiger partial charge >= 0.3 is 0 Å². The number of rotatable bonds is 12. The minimum absolute atomic E-state index is 0.425. The van der Waals surface area contributed by atoms with Crippen molar-refractivity contribution in [2.45, 2.75) is 168 Å². The van der Waals surface area contributed by atoms with Gasteiger partial charge in [0.2, 0.25) is 0 Å². The molecule has 2 aliphatic rings. The van der Waals surface area contributed by atoms with Crippen molar-refractivity contribution < 1.29 is 0 Å². The minimum atomic E-state index is -0.427. The molecular formula is C46H66N3P. The average molecular weight is 692 g/mol. The molecule has 4 heteroatoms. The molecular weight excluding hydrogens is 626 g/mol. The Morgan fingerprint density at radius 1 is 0.600 bits per heavy atom. The summed E-state index contributed by atoms with van der Waals surface area (Å²) in [4.78, 5) is 11.0. The van der Waals surface area contributed by atoms with Gasteiger partial charge in [-0.05, 0) is 128 Å². The highest BCUT2D eigenvalue weighted by atomic mass is 31.1. The number of hydrogen-bond donors (Lipinski definition) is 1. The molecule has 2 fully saturated rings. The van der Waals surface area contributed by atoms with Gasteiger partial charge in [0.15, 0.2) is 0 Å². The summed E-state index contributed by atoms with van der Waals surface area (Å²) >= 11 is 0. The topological polar surface area (TPSA) is 36.8 Å². The first-order chi connectivity index (χ1) is 24.0. The van der Waals surface area contributed by atoms with Crippen molar-refractivity contribution >= 4 is 36.3 Å². The lowest BCUT2D eigenvalue weighted by atomic mass is 9.86. The molecule has 0 aromatic heterocycles. The van der Waals surface area contributed by atoms with Crippen LogP contribution in [0.3, 0.4) is 0 Å². The maximum atomic E-state index is 5.82. The van der Waals surface area contributed by atoms with Crippen molar-refractivity contribution in [1.29, 1.82) is 0 Å². The Morgan fingerprint density at radius 2 is 1.04 bits per heavy atom. The van der Waals surface area contributed by atoms with E-state index in [1.54, 1.807) is 0 Å². The number of para-hydroxylation sites is 1. The van der Waals surface area contributed by atoms with Gasteiger partial charge in [0.25, 0.3) is 0 Å². The fourth-order valence-electron chi connectivity index (χ4n) is 8.43. The quantitative estimate of drug-likeness (QED) is 0.115. The fourth-order valence-corrected chi connectivity index (χ4v) is 12.0. The summed E-state index contributed by atoms with van der Waals surface area (Å²) in [6, 6.07) is 22.6. The fraction of sp³-hybridized carbons (Fsp3) is 0.565. The van der Waals surface area contributed by atoms with Crippen molar-refractivity contribution in [2.75, 3.05) is 5.32 Å². The van der Waals surface area contributed by atoms with Crippen LogP contribution in [0.25, 0.3) is 0 Å². The first kappa shape index (κ1) is 38.5. The number of benzene rings is 3. The van der Waals surface area contributed by atoms with Crippen molar-refractivity contribution in [1.82, 2.24) is 0 Å². The van der Waals surface area contributed by atoms with E-state index in [1.165, 1.54) is 103 Å². The van der Waals surface area contributed by atoms with Crippen LogP contribution in [-0.2, 0) is 6.42 Å². The first-order valence-electron chi connectivity index (χ1n) is 20.1. The van der Waals surface area contributed by atoms with E-state index in [-0.39, 0.29) is 0 Å². The van der Waals surface area contributed by atoms with Gasteiger partial charge in [0.05, 0.1) is 11.4 Å². The molecule has 2 saturated carbocycles. The van der Waals surface area contributed by atoms with Crippen molar-refractivity contribution in [3.63, 3.8) is 0 Å². The van der Waals surface area contributed by atoms with Gasteiger partial charge in [-0.1, -0.05) is 130 Å². The number of amidine groups is 1. The Labute approximate surface area is 307 Å². The number of hydrogen-bond acceptors (Lipinski definition) is 2. The Morgan fingerprint density at radius 3 is 1.48 bits per heavy atom. The third kappa shape index (κ3) is 9.76. The van der Waals surface area contributed by atoms with Gasteiger partial charge in [-0.2, -0.15) is 0 Å². The molecule has 0 spiro atoms. The van der Waals surface area contributed by atoms with Crippen LogP contribution >= 0.6 is 7.92 Å². The maximum Gasteiger partial charge on any atom is 0.130 e. The van der Waals surface area contributed by atoms with Crippen molar-refractivity contribution in [2.24, 2.45) is 9.98 Å². The van der Waals surface area contributed by atoms with Gasteiger partial charge in [-0.25, -0.2) is 4.99 Å². The summed E-state index contributed by atoms with van der Waals surface area (Å²) in [5, 5.41) is 4.05. The lowest BCUT2D eigenvalue weighted by molar-refractivity contribution is 0.487. The molecule has 270 valence electrons. The molecule has 5 rings (SSSR count). The third-order valence-electron chi connectivity index (χ3n) is 11.1. The van der Waals surface area contributed by atoms with Gasteiger partial charge < -0.3 is 5.32 Å². The summed E-state index contributed by atoms with van der Waals surface area (Å²) in [5.41, 5.74) is 14.4. The third-order valence-corrected chi connectivity index (χ3v) is 14.4. The maximum absolute atomic E-state index is 5.82. The highest BCUT2D eigenvalue weighted by molar-refractivity contribution is 7.76. The molecule has 0 amide bonds. The molecule has 0 heterocycles. The zero-order valence-corrected chi connectivity index (χ0v) is 33.8. The van der Waals surface area contributed by atoms with E-state index in [0.717, 1.165) is 34.8 Å². The number of nitrogens with zero attached hydrogens (tertiary/aromatic N) is 2. The second-order valence-corrected chi connectivity index (χ2v) is 19.1. The van der Waals surface area contributed by atoms with Crippen LogP contribution in [0.5, 0.6) is 0 Å². The molecule has 3 aromatic carbocycles. The van der Waals surface area contributed by atoms with Gasteiger partial charge in [0, 0.05) is 17.8 Å². The first-order valence-corrected chi connectivity index (χ1v) is 21.5. The lowest BCUT2D eigenvalue weighted by Crippen LogP contribution is -2.28. The molecule has 2 aliphatic carbocycles. The van der Waals surface area contributed by atoms with Crippen LogP contribution in [0, 0.1) is 0 Å². The smallest absolute Gasteiger partial charge is 0.130 e. The molecule has 3 nitrogen and oxygen atoms in total. The van der Waals surface area contributed by atoms with Gasteiger partial charge in [0.1, 0.15) is 5.58 Å². The number of aliphatic imine (C=N–C) groups is 2. The van der Waals surface area contributed by atoms with Crippen molar-refractivity contribution in [3.8, 4) is 0 Å². The van der Waals surface area contributed by atoms with E-state index in [0.29, 0.717) is 23.7 Å². The normalized spacial score (nSPS) is 17.2. The van der Waals surface area contributed by atoms with E-state index in [9.17, 15) is 0 Å². The molecule has 0 saturated heterocycles. The molecule has 50 heavy (non-hydrogen) atoms. The highest BCUT2D eigenvalue weighted by Crippen LogP contribution is 2.57. The summed E-state index contributed by atoms with van der Waals surface area (Å²) in [7, 11) is -0.427. The number of nitrogens with one attached hydrogen (secondary N) is 1. The van der Waals surface area contributed by atoms with Crippen LogP contribution in [0.2, 0.25) is 0 Å². The molecule has 1 N–H and O–H groups in total. The Kier molecular flexibility index (Phi) is 13.9. The predicted molar refractivity (Wildman–Crippen MR) is 224 cm³/mol. The van der Waals surface area contributed by atoms with Crippen LogP contribution < -0.4 is 5.32 Å². The minimum Gasteiger partial charge on any atom is -0.340 e. The van der Waals surface area contributed by atoms with Crippen LogP contribution in [0.15, 0.2) is 70.6 Å². The second kappa shape index (κ2) is 18.1. The SMILES string of the molecule is CC(Cc1c(C(C)C)cccc1C(C)C)=Nc1ccc(NC(=Nc2c(C(C)C)cccc2C(C)C)P(C2CCCCC2)C2CCCCC2)cc1. The van der Waals surface area contributed by atoms with E-state index >= 15 is 0 Å². The average Bonchev–Trinajstić information content (AvgIpc) is 3.10. The van der Waals surface area contributed by atoms with Crippen LogP contribution in [0.1, 0.15) is 178 Å². The van der Waals surface area contributed by atoms with E-state index in [2.05, 4.69) is 128 Å². The van der Waals surface area contributed by atoms with Crippen LogP contribution in [0.4, 0.5) is 17.1 Å². The Bertz CT molecular complexity index is 1510. The van der Waals surface area contributed by atoms with E-state index in [4.69, 9.17) is 9.98 Å². The molecule has 0 unspecified atom stereocenters. The monoisotopic (exact) mass is 691 g/mol. The summed E-state index contributed by atoms with van der Waals surface area (Å²) in [6.07, 6.45) is 14.6. The summed E-state index contributed by atoms with van der Waals surface area (Å²) < 4.78 is 0. The summed E-state index contributed by atoms with van der Waals surface area (Å²) in [5.74, 6) is 1.84. The summed E-state index contributed by atoms with van der Waals surface area (Å²) in [6.45, 7) is 20.7. The molecule has 3 aromatic rings. The van der Waals surface area contributed by atoms with E-state index < -0.39 is 7.92 Å². The second-order valence-electron chi connectivity index (χ2n) is 16.4. The largest absolute Gasteiger partial charge is 0.340 e. The Hall–Kier alpha value is -2.77. The molecule has 0 aliphatic heterocycles. The van der Waals surface area contributed by atoms with Gasteiger partial charge in [-0.3, -0.25) is 4.99 Å². The predicted octanol–water partition coefficient (Wildman–Crippen LogP) is 14.8. The van der Waals surface area contributed by atoms with Crippen LogP contribution in [-0.4, -0.2) is 22.6 Å². The number of anilines is 1. The molecule has 0 atom stereocenters. The molecule has 0 radical (unpaired) electrons. The zero-order chi connectivity index (χ0) is 35.8. The van der Waals surface area contributed by atoms with Crippen molar-refractivity contribution in [3.05, 3.63) is 88.5 Å². The molecule has 0 bridgehead atoms. The van der Waals surface area contributed by atoms with E-state index in [1.807, 2.05) is 0 Å². The Balaban J connectivity index is 1.51.